The highest BCUT2D eigenvalue weighted by Gasteiger charge is 2.29. The van der Waals surface area contributed by atoms with Crippen LogP contribution in [0.15, 0.2) is 36.4 Å². The Labute approximate surface area is 168 Å². The number of nitrogens with zero attached hydrogens (tertiary/aromatic N) is 4. The van der Waals surface area contributed by atoms with Crippen LogP contribution in [0.1, 0.15) is 45.1 Å². The molecule has 1 aromatic carbocycles. The maximum atomic E-state index is 13.0. The summed E-state index contributed by atoms with van der Waals surface area (Å²) in [4.78, 5) is 17.3. The molecule has 1 aliphatic heterocycles. The first-order valence-corrected chi connectivity index (χ1v) is 10.6. The number of rotatable bonds is 7. The van der Waals surface area contributed by atoms with Crippen molar-refractivity contribution in [1.82, 2.24) is 15.1 Å². The minimum atomic E-state index is 0.0599. The van der Waals surface area contributed by atoms with Crippen molar-refractivity contribution in [3.8, 4) is 11.3 Å². The van der Waals surface area contributed by atoms with Gasteiger partial charge in [0.25, 0.3) is 0 Å². The fraction of sp³-hybridized carbons (Fsp3) is 0.522. The van der Waals surface area contributed by atoms with Crippen LogP contribution in [0.25, 0.3) is 11.3 Å². The highest BCUT2D eigenvalue weighted by molar-refractivity contribution is 5.79. The number of hydrogen-bond donors (Lipinski definition) is 0. The zero-order valence-electron chi connectivity index (χ0n) is 17.4. The van der Waals surface area contributed by atoms with Gasteiger partial charge >= 0.3 is 0 Å². The normalized spacial score (nSPS) is 16.8. The van der Waals surface area contributed by atoms with E-state index in [-0.39, 0.29) is 5.92 Å². The topological polar surface area (TPSA) is 49.3 Å². The monoisotopic (exact) mass is 380 g/mol. The quantitative estimate of drug-likeness (QED) is 0.718. The average Bonchev–Trinajstić information content (AvgIpc) is 2.74. The van der Waals surface area contributed by atoms with E-state index in [0.29, 0.717) is 5.91 Å². The summed E-state index contributed by atoms with van der Waals surface area (Å²) in [6.07, 6.45) is 4.00. The summed E-state index contributed by atoms with van der Waals surface area (Å²) in [5.74, 6) is 1.23. The molecular formula is C23H32N4O. The van der Waals surface area contributed by atoms with Crippen molar-refractivity contribution in [2.75, 3.05) is 31.1 Å². The van der Waals surface area contributed by atoms with Crippen molar-refractivity contribution in [2.24, 2.45) is 5.92 Å². The molecule has 0 radical (unpaired) electrons. The molecule has 0 unspecified atom stereocenters. The number of aromatic nitrogens is 2. The number of anilines is 1. The molecule has 0 aliphatic carbocycles. The predicted octanol–water partition coefficient (Wildman–Crippen LogP) is 4.32. The van der Waals surface area contributed by atoms with Crippen LogP contribution >= 0.6 is 0 Å². The van der Waals surface area contributed by atoms with Gasteiger partial charge in [-0.15, -0.1) is 10.2 Å². The van der Waals surface area contributed by atoms with Gasteiger partial charge in [-0.2, -0.15) is 0 Å². The fourth-order valence-corrected chi connectivity index (χ4v) is 4.01. The number of carbonyl (C=O) groups excluding carboxylic acids is 1. The lowest BCUT2D eigenvalue weighted by atomic mass is 9.96. The SMILES string of the molecule is CCCN(CCC)C(=O)[C@H]1CCCN(c2ccc(-c3ccccc3C)nn2)C1. The molecule has 1 amide bonds. The van der Waals surface area contributed by atoms with Crippen LogP contribution in [0.3, 0.4) is 0 Å². The van der Waals surface area contributed by atoms with Gasteiger partial charge in [0.15, 0.2) is 5.82 Å². The summed E-state index contributed by atoms with van der Waals surface area (Å²) in [7, 11) is 0. The molecule has 0 bridgehead atoms. The Hall–Kier alpha value is -2.43. The Morgan fingerprint density at radius 1 is 1.11 bits per heavy atom. The third kappa shape index (κ3) is 4.70. The lowest BCUT2D eigenvalue weighted by Crippen LogP contribution is -2.45. The van der Waals surface area contributed by atoms with Crippen LogP contribution in [0.4, 0.5) is 5.82 Å². The maximum absolute atomic E-state index is 13.0. The van der Waals surface area contributed by atoms with Gasteiger partial charge < -0.3 is 9.80 Å². The van der Waals surface area contributed by atoms with E-state index >= 15 is 0 Å². The Balaban J connectivity index is 1.70. The van der Waals surface area contributed by atoms with Gasteiger partial charge in [-0.3, -0.25) is 4.79 Å². The van der Waals surface area contributed by atoms with E-state index in [4.69, 9.17) is 0 Å². The second kappa shape index (κ2) is 9.67. The number of aryl methyl sites for hydroxylation is 1. The second-order valence-electron chi connectivity index (χ2n) is 7.70. The van der Waals surface area contributed by atoms with Crippen molar-refractivity contribution in [3.05, 3.63) is 42.0 Å². The molecule has 1 fully saturated rings. The Morgan fingerprint density at radius 3 is 2.50 bits per heavy atom. The Bertz CT molecular complexity index is 768. The third-order valence-corrected chi connectivity index (χ3v) is 5.46. The zero-order chi connectivity index (χ0) is 19.9. The molecule has 1 saturated heterocycles. The highest BCUT2D eigenvalue weighted by Crippen LogP contribution is 2.25. The lowest BCUT2D eigenvalue weighted by Gasteiger charge is -2.35. The van der Waals surface area contributed by atoms with Gasteiger partial charge in [0.1, 0.15) is 0 Å². The van der Waals surface area contributed by atoms with Gasteiger partial charge in [-0.1, -0.05) is 38.1 Å². The molecular weight excluding hydrogens is 348 g/mol. The zero-order valence-corrected chi connectivity index (χ0v) is 17.4. The van der Waals surface area contributed by atoms with E-state index in [1.807, 2.05) is 29.2 Å². The van der Waals surface area contributed by atoms with Gasteiger partial charge in [-0.05, 0) is 50.3 Å². The first-order valence-electron chi connectivity index (χ1n) is 10.6. The second-order valence-corrected chi connectivity index (χ2v) is 7.70. The molecule has 5 nitrogen and oxygen atoms in total. The number of amides is 1. The molecule has 3 rings (SSSR count). The van der Waals surface area contributed by atoms with E-state index in [0.717, 1.165) is 68.9 Å². The number of benzene rings is 1. The standard InChI is InChI=1S/C23H32N4O/c1-4-14-26(15-5-2)23(28)19-10-8-16-27(17-19)22-13-12-21(24-25-22)20-11-7-6-9-18(20)3/h6-7,9,11-13,19H,4-5,8,10,14-17H2,1-3H3/t19-/m0/s1. The summed E-state index contributed by atoms with van der Waals surface area (Å²) < 4.78 is 0. The molecule has 1 aromatic heterocycles. The van der Waals surface area contributed by atoms with E-state index in [2.05, 4.69) is 48.0 Å². The number of hydrogen-bond acceptors (Lipinski definition) is 4. The molecule has 1 aliphatic rings. The number of piperidine rings is 1. The van der Waals surface area contributed by atoms with Crippen LogP contribution in [-0.4, -0.2) is 47.2 Å². The first-order chi connectivity index (χ1) is 13.6. The molecule has 2 heterocycles. The minimum absolute atomic E-state index is 0.0599. The highest BCUT2D eigenvalue weighted by atomic mass is 16.2. The van der Waals surface area contributed by atoms with Gasteiger partial charge in [0.05, 0.1) is 11.6 Å². The summed E-state index contributed by atoms with van der Waals surface area (Å²) in [5, 5.41) is 8.94. The molecule has 5 heteroatoms. The van der Waals surface area contributed by atoms with Gasteiger partial charge in [-0.25, -0.2) is 0 Å². The largest absolute Gasteiger partial charge is 0.354 e. The molecule has 0 spiro atoms. The van der Waals surface area contributed by atoms with Crippen molar-refractivity contribution in [1.29, 1.82) is 0 Å². The van der Waals surface area contributed by atoms with Crippen molar-refractivity contribution in [3.63, 3.8) is 0 Å². The molecule has 0 N–H and O–H groups in total. The van der Waals surface area contributed by atoms with Crippen molar-refractivity contribution >= 4 is 11.7 Å². The van der Waals surface area contributed by atoms with Crippen LogP contribution in [-0.2, 0) is 4.79 Å². The fourth-order valence-electron chi connectivity index (χ4n) is 4.01. The van der Waals surface area contributed by atoms with E-state index in [1.54, 1.807) is 0 Å². The molecule has 1 atom stereocenters. The summed E-state index contributed by atoms with van der Waals surface area (Å²) in [6.45, 7) is 9.74. The summed E-state index contributed by atoms with van der Waals surface area (Å²) in [5.41, 5.74) is 3.20. The average molecular weight is 381 g/mol. The smallest absolute Gasteiger partial charge is 0.227 e. The van der Waals surface area contributed by atoms with Crippen LogP contribution in [0, 0.1) is 12.8 Å². The van der Waals surface area contributed by atoms with E-state index < -0.39 is 0 Å². The van der Waals surface area contributed by atoms with E-state index in [9.17, 15) is 4.79 Å². The molecule has 150 valence electrons. The minimum Gasteiger partial charge on any atom is -0.354 e. The Morgan fingerprint density at radius 2 is 1.86 bits per heavy atom. The van der Waals surface area contributed by atoms with Crippen LogP contribution in [0.5, 0.6) is 0 Å². The van der Waals surface area contributed by atoms with Crippen molar-refractivity contribution in [2.45, 2.75) is 46.5 Å². The maximum Gasteiger partial charge on any atom is 0.227 e. The van der Waals surface area contributed by atoms with E-state index in [1.165, 1.54) is 5.56 Å². The van der Waals surface area contributed by atoms with Gasteiger partial charge in [0.2, 0.25) is 5.91 Å². The molecule has 2 aromatic rings. The summed E-state index contributed by atoms with van der Waals surface area (Å²) in [6, 6.07) is 12.3. The van der Waals surface area contributed by atoms with Crippen LogP contribution in [0.2, 0.25) is 0 Å². The Kier molecular flexibility index (Phi) is 7.01. The summed E-state index contributed by atoms with van der Waals surface area (Å²) >= 11 is 0. The lowest BCUT2D eigenvalue weighted by molar-refractivity contribution is -0.135. The first kappa shape index (κ1) is 20.3. The molecule has 0 saturated carbocycles. The molecule has 28 heavy (non-hydrogen) atoms. The number of carbonyl (C=O) groups is 1. The van der Waals surface area contributed by atoms with Gasteiger partial charge in [0, 0.05) is 31.7 Å². The van der Waals surface area contributed by atoms with Crippen LogP contribution < -0.4 is 4.90 Å². The predicted molar refractivity (Wildman–Crippen MR) is 114 cm³/mol. The third-order valence-electron chi connectivity index (χ3n) is 5.46. The van der Waals surface area contributed by atoms with Crippen molar-refractivity contribution < 1.29 is 4.79 Å².